The Kier molecular flexibility index (Phi) is 12.4. The van der Waals surface area contributed by atoms with Crippen molar-refractivity contribution in [3.05, 3.63) is 59.1 Å². The van der Waals surface area contributed by atoms with E-state index in [1.54, 1.807) is 18.2 Å². The summed E-state index contributed by atoms with van der Waals surface area (Å²) in [6.07, 6.45) is 6.19. The summed E-state index contributed by atoms with van der Waals surface area (Å²) in [7, 11) is 3.43. The number of rotatable bonds is 14. The summed E-state index contributed by atoms with van der Waals surface area (Å²) in [5, 5.41) is 18.4. The molecule has 0 saturated carbocycles. The number of piperidine rings is 1. The Hall–Kier alpha value is -2.32. The lowest BCUT2D eigenvalue weighted by atomic mass is 9.91. The number of hydrogen-bond donors (Lipinski definition) is 3. The Morgan fingerprint density at radius 3 is 2.67 bits per heavy atom. The first-order valence-electron chi connectivity index (χ1n) is 14.2. The van der Waals surface area contributed by atoms with Crippen molar-refractivity contribution in [2.24, 2.45) is 11.8 Å². The molecule has 216 valence electrons. The molecule has 2 aromatic rings. The van der Waals surface area contributed by atoms with Gasteiger partial charge in [-0.05, 0) is 81.3 Å². The molecule has 3 atom stereocenters. The maximum atomic E-state index is 13.0. The van der Waals surface area contributed by atoms with Crippen LogP contribution in [0.4, 0.5) is 4.79 Å². The number of benzene rings is 2. The summed E-state index contributed by atoms with van der Waals surface area (Å²) in [5.74, 6) is 0.643. The zero-order valence-corrected chi connectivity index (χ0v) is 24.7. The number of methoxy groups -OCH3 is 1. The van der Waals surface area contributed by atoms with Crippen molar-refractivity contribution >= 4 is 17.6 Å². The van der Waals surface area contributed by atoms with Crippen LogP contribution in [0.5, 0.6) is 11.5 Å². The third kappa shape index (κ3) is 9.67. The predicted molar refractivity (Wildman–Crippen MR) is 157 cm³/mol. The number of carbonyl (C=O) groups is 1. The molecule has 1 saturated heterocycles. The van der Waals surface area contributed by atoms with Gasteiger partial charge in [0, 0.05) is 44.2 Å². The largest absolute Gasteiger partial charge is 0.457 e. The Bertz CT molecular complexity index is 1020. The first-order valence-corrected chi connectivity index (χ1v) is 14.6. The molecule has 39 heavy (non-hydrogen) atoms. The third-order valence-electron chi connectivity index (χ3n) is 7.39. The Morgan fingerprint density at radius 1 is 1.21 bits per heavy atom. The lowest BCUT2D eigenvalue weighted by molar-refractivity contribution is -0.200. The molecule has 0 spiro atoms. The van der Waals surface area contributed by atoms with Crippen LogP contribution in [0.1, 0.15) is 64.4 Å². The molecule has 2 aromatic carbocycles. The zero-order chi connectivity index (χ0) is 28.3. The molecule has 0 bridgehead atoms. The van der Waals surface area contributed by atoms with Gasteiger partial charge in [-0.15, -0.1) is 0 Å². The van der Waals surface area contributed by atoms with Crippen LogP contribution in [0, 0.1) is 11.8 Å². The van der Waals surface area contributed by atoms with Gasteiger partial charge in [0.25, 0.3) is 0 Å². The Balaban J connectivity index is 1.54. The number of likely N-dealkylation sites (N-methyl/N-ethyl adjacent to an activating group) is 1. The molecule has 1 fully saturated rings. The van der Waals surface area contributed by atoms with Crippen LogP contribution < -0.4 is 15.4 Å². The Labute approximate surface area is 239 Å². The minimum absolute atomic E-state index is 0.0428. The van der Waals surface area contributed by atoms with E-state index in [2.05, 4.69) is 24.5 Å². The van der Waals surface area contributed by atoms with E-state index in [1.165, 1.54) is 7.11 Å². The number of hydrogen-bond acceptors (Lipinski definition) is 5. The van der Waals surface area contributed by atoms with Gasteiger partial charge in [-0.1, -0.05) is 50.1 Å². The molecule has 7 nitrogen and oxygen atoms in total. The van der Waals surface area contributed by atoms with Crippen molar-refractivity contribution in [2.45, 2.75) is 70.6 Å². The lowest BCUT2D eigenvalue weighted by Gasteiger charge is -2.34. The van der Waals surface area contributed by atoms with Crippen molar-refractivity contribution in [3.8, 4) is 11.5 Å². The average molecular weight is 560 g/mol. The number of nitrogens with one attached hydrogen (secondary N) is 2. The van der Waals surface area contributed by atoms with Gasteiger partial charge in [0.2, 0.25) is 0 Å². The highest BCUT2D eigenvalue weighted by molar-refractivity contribution is 6.30. The number of likely N-dealkylation sites (tertiary alicyclic amines) is 1. The molecule has 0 aromatic heterocycles. The summed E-state index contributed by atoms with van der Waals surface area (Å²) < 4.78 is 11.7. The fraction of sp³-hybridized carbons (Fsp3) is 0.581. The van der Waals surface area contributed by atoms with E-state index >= 15 is 0 Å². The number of ether oxygens (including phenoxy) is 2. The van der Waals surface area contributed by atoms with Crippen molar-refractivity contribution in [1.82, 2.24) is 15.5 Å². The van der Waals surface area contributed by atoms with Gasteiger partial charge in [-0.2, -0.15) is 0 Å². The number of carbonyl (C=O) groups excluding carboxylic acids is 1. The molecule has 8 heteroatoms. The van der Waals surface area contributed by atoms with Gasteiger partial charge in [-0.25, -0.2) is 4.79 Å². The molecule has 3 rings (SSSR count). The second-order valence-corrected chi connectivity index (χ2v) is 11.5. The van der Waals surface area contributed by atoms with E-state index in [9.17, 15) is 9.90 Å². The number of unbranched alkanes of at least 4 members (excludes halogenated alkanes) is 1. The molecule has 0 radical (unpaired) electrons. The second-order valence-electron chi connectivity index (χ2n) is 11.1. The number of aliphatic hydroxyl groups is 1. The van der Waals surface area contributed by atoms with Crippen molar-refractivity contribution in [1.29, 1.82) is 0 Å². The highest BCUT2D eigenvalue weighted by Gasteiger charge is 2.33. The van der Waals surface area contributed by atoms with Gasteiger partial charge in [-0.3, -0.25) is 0 Å². The minimum Gasteiger partial charge on any atom is -0.457 e. The van der Waals surface area contributed by atoms with Crippen LogP contribution >= 0.6 is 11.6 Å². The summed E-state index contributed by atoms with van der Waals surface area (Å²) in [5.41, 5.74) is 0.513. The smallest absolute Gasteiger partial charge is 0.317 e. The van der Waals surface area contributed by atoms with E-state index in [-0.39, 0.29) is 12.1 Å². The summed E-state index contributed by atoms with van der Waals surface area (Å²) >= 11 is 6.30. The van der Waals surface area contributed by atoms with Crippen molar-refractivity contribution in [3.63, 3.8) is 0 Å². The van der Waals surface area contributed by atoms with Gasteiger partial charge < -0.3 is 30.1 Å². The molecule has 1 aliphatic rings. The number of amides is 2. The predicted octanol–water partition coefficient (Wildman–Crippen LogP) is 6.54. The monoisotopic (exact) mass is 559 g/mol. The quantitative estimate of drug-likeness (QED) is 0.181. The topological polar surface area (TPSA) is 83.1 Å². The molecule has 3 N–H and O–H groups in total. The molecule has 1 heterocycles. The van der Waals surface area contributed by atoms with Crippen LogP contribution in [0.15, 0.2) is 48.5 Å². The SMILES string of the molecule is CNCC(CC(C)C)NC(=O)N1CCCC(CCCCC(O)(OC)c2cc(Cl)ccc2Oc2ccccc2)C1. The van der Waals surface area contributed by atoms with E-state index in [4.69, 9.17) is 21.1 Å². The number of urea groups is 1. The van der Waals surface area contributed by atoms with E-state index in [0.717, 1.165) is 58.2 Å². The van der Waals surface area contributed by atoms with Crippen LogP contribution in [-0.2, 0) is 10.5 Å². The molecule has 2 amide bonds. The van der Waals surface area contributed by atoms with Gasteiger partial charge in [0.1, 0.15) is 11.5 Å². The first kappa shape index (κ1) is 31.2. The van der Waals surface area contributed by atoms with Crippen LogP contribution in [-0.4, -0.2) is 55.9 Å². The third-order valence-corrected chi connectivity index (χ3v) is 7.62. The highest BCUT2D eigenvalue weighted by atomic mass is 35.5. The number of para-hydroxylation sites is 1. The van der Waals surface area contributed by atoms with E-state index in [0.29, 0.717) is 40.3 Å². The highest BCUT2D eigenvalue weighted by Crippen LogP contribution is 2.39. The van der Waals surface area contributed by atoms with Crippen LogP contribution in [0.3, 0.4) is 0 Å². The number of nitrogens with zero attached hydrogens (tertiary/aromatic N) is 1. The molecule has 3 unspecified atom stereocenters. The second kappa shape index (κ2) is 15.5. The maximum absolute atomic E-state index is 13.0. The zero-order valence-electron chi connectivity index (χ0n) is 23.9. The summed E-state index contributed by atoms with van der Waals surface area (Å²) in [6.45, 7) is 6.71. The number of halogens is 1. The Morgan fingerprint density at radius 2 is 1.97 bits per heavy atom. The van der Waals surface area contributed by atoms with Crippen molar-refractivity contribution < 1.29 is 19.4 Å². The van der Waals surface area contributed by atoms with Crippen molar-refractivity contribution in [2.75, 3.05) is 33.8 Å². The first-order chi connectivity index (χ1) is 18.7. The van der Waals surface area contributed by atoms with E-state index in [1.807, 2.05) is 42.3 Å². The van der Waals surface area contributed by atoms with Crippen LogP contribution in [0.25, 0.3) is 0 Å². The van der Waals surface area contributed by atoms with Gasteiger partial charge >= 0.3 is 6.03 Å². The molecule has 1 aliphatic heterocycles. The fourth-order valence-corrected chi connectivity index (χ4v) is 5.59. The maximum Gasteiger partial charge on any atom is 0.317 e. The molecule has 0 aliphatic carbocycles. The lowest BCUT2D eigenvalue weighted by Crippen LogP contribution is -2.51. The molecular weight excluding hydrogens is 514 g/mol. The average Bonchev–Trinajstić information content (AvgIpc) is 2.92. The standard InChI is InChI=1S/C31H46ClN3O4/c1-23(2)19-26(21-33-3)34-30(36)35-18-10-12-24(22-35)11-8-9-17-31(37,38-4)28-20-25(32)15-16-29(28)39-27-13-6-5-7-14-27/h5-7,13-16,20,23-24,26,33,37H,8-12,17-19,21-22H2,1-4H3,(H,34,36). The normalized spacial score (nSPS) is 18.0. The van der Waals surface area contributed by atoms with Gasteiger partial charge in [0.15, 0.2) is 5.79 Å². The molecular formula is C31H46ClN3O4. The summed E-state index contributed by atoms with van der Waals surface area (Å²) in [6, 6.07) is 14.8. The minimum atomic E-state index is -1.52. The van der Waals surface area contributed by atoms with Gasteiger partial charge in [0.05, 0.1) is 5.56 Å². The fourth-order valence-electron chi connectivity index (χ4n) is 5.42. The summed E-state index contributed by atoms with van der Waals surface area (Å²) in [4.78, 5) is 14.9. The van der Waals surface area contributed by atoms with E-state index < -0.39 is 5.79 Å². The van der Waals surface area contributed by atoms with Crippen LogP contribution in [0.2, 0.25) is 5.02 Å².